The van der Waals surface area contributed by atoms with Crippen LogP contribution in [-0.4, -0.2) is 25.8 Å². The molecule has 1 aromatic carbocycles. The van der Waals surface area contributed by atoms with Gasteiger partial charge >= 0.3 is 0 Å². The quantitative estimate of drug-likeness (QED) is 0.854. The lowest BCUT2D eigenvalue weighted by Gasteiger charge is -2.23. The summed E-state index contributed by atoms with van der Waals surface area (Å²) < 4.78 is 11.1. The minimum Gasteiger partial charge on any atom is -0.497 e. The number of benzene rings is 1. The van der Waals surface area contributed by atoms with Crippen LogP contribution < -0.4 is 10.1 Å². The first-order chi connectivity index (χ1) is 8.11. The average molecular weight is 235 g/mol. The van der Waals surface area contributed by atoms with E-state index < -0.39 is 0 Å². The van der Waals surface area contributed by atoms with Crippen molar-refractivity contribution >= 4 is 0 Å². The molecule has 0 aromatic heterocycles. The van der Waals surface area contributed by atoms with Crippen LogP contribution in [0.5, 0.6) is 5.75 Å². The molecule has 17 heavy (non-hydrogen) atoms. The monoisotopic (exact) mass is 235 g/mol. The zero-order valence-corrected chi connectivity index (χ0v) is 10.8. The van der Waals surface area contributed by atoms with Crippen LogP contribution in [-0.2, 0) is 4.74 Å². The van der Waals surface area contributed by atoms with Gasteiger partial charge in [0, 0.05) is 18.7 Å². The first-order valence-electron chi connectivity index (χ1n) is 6.11. The Kier molecular flexibility index (Phi) is 3.69. The summed E-state index contributed by atoms with van der Waals surface area (Å²) >= 11 is 0. The number of ether oxygens (including phenoxy) is 2. The smallest absolute Gasteiger partial charge is 0.119 e. The predicted octanol–water partition coefficient (Wildman–Crippen LogP) is 2.52. The van der Waals surface area contributed by atoms with Crippen LogP contribution in [0.4, 0.5) is 0 Å². The fourth-order valence-corrected chi connectivity index (χ4v) is 2.03. The number of nitrogens with one attached hydrogen (secondary N) is 1. The van der Waals surface area contributed by atoms with E-state index in [1.807, 2.05) is 18.2 Å². The summed E-state index contributed by atoms with van der Waals surface area (Å²) in [5.41, 5.74) is 1.34. The molecule has 0 radical (unpaired) electrons. The normalized spacial score (nSPS) is 24.1. The van der Waals surface area contributed by atoms with Crippen LogP contribution in [0.2, 0.25) is 0 Å². The van der Waals surface area contributed by atoms with Gasteiger partial charge in [0.1, 0.15) is 5.75 Å². The predicted molar refractivity (Wildman–Crippen MR) is 68.4 cm³/mol. The van der Waals surface area contributed by atoms with Crippen molar-refractivity contribution < 1.29 is 9.47 Å². The second kappa shape index (κ2) is 5.07. The fraction of sp³-hybridized carbons (Fsp3) is 0.571. The molecule has 0 saturated carbocycles. The molecule has 1 saturated heterocycles. The zero-order chi connectivity index (χ0) is 12.3. The van der Waals surface area contributed by atoms with E-state index in [4.69, 9.17) is 9.47 Å². The lowest BCUT2D eigenvalue weighted by atomic mass is 10.0. The molecule has 0 bridgehead atoms. The van der Waals surface area contributed by atoms with Crippen molar-refractivity contribution in [3.05, 3.63) is 29.8 Å². The molecule has 1 heterocycles. The van der Waals surface area contributed by atoms with E-state index in [2.05, 4.69) is 25.2 Å². The molecule has 1 atom stereocenters. The van der Waals surface area contributed by atoms with Crippen LogP contribution in [0.1, 0.15) is 31.9 Å². The van der Waals surface area contributed by atoms with Gasteiger partial charge in [-0.3, -0.25) is 0 Å². The van der Waals surface area contributed by atoms with Gasteiger partial charge in [-0.25, -0.2) is 0 Å². The minimum absolute atomic E-state index is 0.117. The summed E-state index contributed by atoms with van der Waals surface area (Å²) in [6, 6.07) is 8.10. The molecule has 94 valence electrons. The molecule has 0 aliphatic carbocycles. The summed E-state index contributed by atoms with van der Waals surface area (Å²) in [7, 11) is 1.69. The number of hydrogen-bond donors (Lipinski definition) is 1. The Morgan fingerprint density at radius 1 is 1.41 bits per heavy atom. The molecule has 1 aliphatic heterocycles. The van der Waals surface area contributed by atoms with E-state index in [9.17, 15) is 0 Å². The second-order valence-electron chi connectivity index (χ2n) is 5.15. The molecule has 3 nitrogen and oxygen atoms in total. The first kappa shape index (κ1) is 12.4. The van der Waals surface area contributed by atoms with Crippen molar-refractivity contribution in [1.29, 1.82) is 0 Å². The summed E-state index contributed by atoms with van der Waals surface area (Å²) in [6.45, 7) is 6.07. The Balaban J connectivity index is 2.11. The maximum absolute atomic E-state index is 5.91. The Morgan fingerprint density at radius 2 is 2.24 bits per heavy atom. The SMILES string of the molecule is COc1cccc(C2CNC(C)(C)CCO2)c1. The summed E-state index contributed by atoms with van der Waals surface area (Å²) in [4.78, 5) is 0. The van der Waals surface area contributed by atoms with Gasteiger partial charge in [0.25, 0.3) is 0 Å². The van der Waals surface area contributed by atoms with E-state index >= 15 is 0 Å². The topological polar surface area (TPSA) is 30.5 Å². The molecule has 3 heteroatoms. The minimum atomic E-state index is 0.117. The van der Waals surface area contributed by atoms with Crippen molar-refractivity contribution in [1.82, 2.24) is 5.32 Å². The van der Waals surface area contributed by atoms with Crippen LogP contribution >= 0.6 is 0 Å². The van der Waals surface area contributed by atoms with Crippen molar-refractivity contribution in [2.24, 2.45) is 0 Å². The lowest BCUT2D eigenvalue weighted by Crippen LogP contribution is -2.39. The number of hydrogen-bond acceptors (Lipinski definition) is 3. The van der Waals surface area contributed by atoms with Crippen molar-refractivity contribution in [3.63, 3.8) is 0 Å². The Morgan fingerprint density at radius 3 is 3.00 bits per heavy atom. The van der Waals surface area contributed by atoms with E-state index in [1.54, 1.807) is 7.11 Å². The molecule has 0 spiro atoms. The molecule has 2 rings (SSSR count). The summed E-state index contributed by atoms with van der Waals surface area (Å²) in [6.07, 6.45) is 1.15. The van der Waals surface area contributed by atoms with E-state index in [0.29, 0.717) is 0 Å². The van der Waals surface area contributed by atoms with Gasteiger partial charge in [-0.1, -0.05) is 12.1 Å². The largest absolute Gasteiger partial charge is 0.497 e. The molecule has 1 aliphatic rings. The average Bonchev–Trinajstić information content (AvgIpc) is 2.50. The van der Waals surface area contributed by atoms with Crippen LogP contribution in [0, 0.1) is 0 Å². The number of methoxy groups -OCH3 is 1. The standard InChI is InChI=1S/C14H21NO2/c1-14(2)7-8-17-13(10-15-14)11-5-4-6-12(9-11)16-3/h4-6,9,13,15H,7-8,10H2,1-3H3. The molecule has 0 amide bonds. The molecular weight excluding hydrogens is 214 g/mol. The Labute approximate surface area is 103 Å². The lowest BCUT2D eigenvalue weighted by molar-refractivity contribution is 0.0655. The third-order valence-corrected chi connectivity index (χ3v) is 3.28. The maximum Gasteiger partial charge on any atom is 0.119 e. The van der Waals surface area contributed by atoms with E-state index in [-0.39, 0.29) is 11.6 Å². The van der Waals surface area contributed by atoms with E-state index in [0.717, 1.165) is 25.3 Å². The van der Waals surface area contributed by atoms with E-state index in [1.165, 1.54) is 5.56 Å². The highest BCUT2D eigenvalue weighted by molar-refractivity contribution is 5.30. The molecule has 1 unspecified atom stereocenters. The van der Waals surface area contributed by atoms with Gasteiger partial charge in [-0.15, -0.1) is 0 Å². The van der Waals surface area contributed by atoms with Gasteiger partial charge in [0.05, 0.1) is 13.2 Å². The highest BCUT2D eigenvalue weighted by atomic mass is 16.5. The highest BCUT2D eigenvalue weighted by Crippen LogP contribution is 2.25. The van der Waals surface area contributed by atoms with Gasteiger partial charge in [-0.05, 0) is 38.0 Å². The molecular formula is C14H21NO2. The molecule has 1 aromatic rings. The summed E-state index contributed by atoms with van der Waals surface area (Å²) in [5.74, 6) is 0.884. The third-order valence-electron chi connectivity index (χ3n) is 3.28. The van der Waals surface area contributed by atoms with Gasteiger partial charge < -0.3 is 14.8 Å². The summed E-state index contributed by atoms with van der Waals surface area (Å²) in [5, 5.41) is 3.54. The zero-order valence-electron chi connectivity index (χ0n) is 10.8. The first-order valence-corrected chi connectivity index (χ1v) is 6.11. The van der Waals surface area contributed by atoms with Crippen molar-refractivity contribution in [3.8, 4) is 5.75 Å². The highest BCUT2D eigenvalue weighted by Gasteiger charge is 2.24. The van der Waals surface area contributed by atoms with Gasteiger partial charge in [-0.2, -0.15) is 0 Å². The fourth-order valence-electron chi connectivity index (χ4n) is 2.03. The second-order valence-corrected chi connectivity index (χ2v) is 5.15. The number of rotatable bonds is 2. The Bertz CT molecular complexity index is 376. The van der Waals surface area contributed by atoms with Crippen LogP contribution in [0.3, 0.4) is 0 Å². The van der Waals surface area contributed by atoms with Gasteiger partial charge in [0.2, 0.25) is 0 Å². The van der Waals surface area contributed by atoms with Crippen LogP contribution in [0.25, 0.3) is 0 Å². The van der Waals surface area contributed by atoms with Crippen LogP contribution in [0.15, 0.2) is 24.3 Å². The van der Waals surface area contributed by atoms with Crippen molar-refractivity contribution in [2.45, 2.75) is 31.9 Å². The molecule has 1 N–H and O–H groups in total. The van der Waals surface area contributed by atoms with Gasteiger partial charge in [0.15, 0.2) is 0 Å². The molecule has 1 fully saturated rings. The maximum atomic E-state index is 5.91. The Hall–Kier alpha value is -1.06. The third kappa shape index (κ3) is 3.20. The van der Waals surface area contributed by atoms with Crippen molar-refractivity contribution in [2.75, 3.05) is 20.3 Å².